The maximum atomic E-state index is 10.9. The van der Waals surface area contributed by atoms with Crippen LogP contribution in [0.3, 0.4) is 0 Å². The fourth-order valence-corrected chi connectivity index (χ4v) is 1.79. The third-order valence-corrected chi connectivity index (χ3v) is 2.85. The van der Waals surface area contributed by atoms with Crippen molar-refractivity contribution >= 4 is 33.3 Å². The smallest absolute Gasteiger partial charge is 0.326 e. The van der Waals surface area contributed by atoms with Crippen LogP contribution < -0.4 is 5.32 Å². The summed E-state index contributed by atoms with van der Waals surface area (Å²) in [5, 5.41) is 22.3. The van der Waals surface area contributed by atoms with Gasteiger partial charge in [-0.05, 0) is 28.4 Å². The van der Waals surface area contributed by atoms with Gasteiger partial charge in [0.1, 0.15) is 6.04 Å². The van der Waals surface area contributed by atoms with Crippen LogP contribution in [0.2, 0.25) is 0 Å². The molecular weight excluding hydrogens is 304 g/mol. The van der Waals surface area contributed by atoms with E-state index < -0.39 is 16.9 Å². The lowest BCUT2D eigenvalue weighted by Crippen LogP contribution is -2.28. The van der Waals surface area contributed by atoms with Crippen LogP contribution in [0.15, 0.2) is 35.3 Å². The van der Waals surface area contributed by atoms with Crippen molar-refractivity contribution in [1.82, 2.24) is 0 Å². The molecule has 0 bridgehead atoms. The molecule has 18 heavy (non-hydrogen) atoms. The molecule has 1 rings (SSSR count). The molecule has 2 N–H and O–H groups in total. The molecule has 0 amide bonds. The molecule has 1 atom stereocenters. The highest BCUT2D eigenvalue weighted by atomic mass is 79.9. The lowest BCUT2D eigenvalue weighted by molar-refractivity contribution is -0.384. The van der Waals surface area contributed by atoms with Gasteiger partial charge in [0, 0.05) is 22.3 Å². The molecule has 0 aliphatic rings. The molecule has 1 unspecified atom stereocenters. The summed E-state index contributed by atoms with van der Waals surface area (Å²) in [5.41, 5.74) is 0.415. The van der Waals surface area contributed by atoms with Gasteiger partial charge in [-0.1, -0.05) is 6.08 Å². The number of hydrogen-bond acceptors (Lipinski definition) is 4. The van der Waals surface area contributed by atoms with E-state index in [1.807, 2.05) is 0 Å². The van der Waals surface area contributed by atoms with Gasteiger partial charge in [-0.2, -0.15) is 0 Å². The maximum absolute atomic E-state index is 10.9. The normalized spacial score (nSPS) is 11.6. The minimum atomic E-state index is -1.01. The van der Waals surface area contributed by atoms with Gasteiger partial charge in [0.05, 0.1) is 4.92 Å². The minimum Gasteiger partial charge on any atom is -0.480 e. The number of hydrogen-bond donors (Lipinski definition) is 2. The first-order chi connectivity index (χ1) is 8.45. The minimum absolute atomic E-state index is 0.0666. The summed E-state index contributed by atoms with van der Waals surface area (Å²) < 4.78 is 0.437. The molecule has 7 heteroatoms. The van der Waals surface area contributed by atoms with E-state index in [-0.39, 0.29) is 12.1 Å². The zero-order valence-electron chi connectivity index (χ0n) is 9.30. The number of nitro groups is 1. The van der Waals surface area contributed by atoms with Crippen molar-refractivity contribution < 1.29 is 14.8 Å². The van der Waals surface area contributed by atoms with Crippen molar-refractivity contribution in [3.63, 3.8) is 0 Å². The predicted octanol–water partition coefficient (Wildman–Crippen LogP) is 2.80. The van der Waals surface area contributed by atoms with Gasteiger partial charge in [0.2, 0.25) is 0 Å². The molecule has 1 aromatic carbocycles. The summed E-state index contributed by atoms with van der Waals surface area (Å²) in [6.45, 7) is 3.48. The van der Waals surface area contributed by atoms with Crippen LogP contribution in [-0.2, 0) is 4.79 Å². The van der Waals surface area contributed by atoms with Gasteiger partial charge in [0.25, 0.3) is 5.69 Å². The van der Waals surface area contributed by atoms with Crippen molar-refractivity contribution in [2.75, 3.05) is 5.32 Å². The van der Waals surface area contributed by atoms with Gasteiger partial charge in [-0.15, -0.1) is 6.58 Å². The third kappa shape index (κ3) is 3.56. The lowest BCUT2D eigenvalue weighted by Gasteiger charge is -2.15. The summed E-state index contributed by atoms with van der Waals surface area (Å²) in [6.07, 6.45) is 1.74. The average molecular weight is 315 g/mol. The van der Waals surface area contributed by atoms with E-state index in [0.717, 1.165) is 0 Å². The van der Waals surface area contributed by atoms with Crippen LogP contribution in [0.4, 0.5) is 11.4 Å². The maximum Gasteiger partial charge on any atom is 0.326 e. The molecule has 0 aromatic heterocycles. The number of carbonyl (C=O) groups is 1. The largest absolute Gasteiger partial charge is 0.480 e. The fourth-order valence-electron chi connectivity index (χ4n) is 1.31. The molecule has 1 aromatic rings. The zero-order chi connectivity index (χ0) is 13.7. The van der Waals surface area contributed by atoms with E-state index in [1.54, 1.807) is 0 Å². The molecular formula is C11H11BrN2O4. The Balaban J connectivity index is 2.93. The van der Waals surface area contributed by atoms with Crippen LogP contribution in [0, 0.1) is 10.1 Å². The Morgan fingerprint density at radius 2 is 2.33 bits per heavy atom. The average Bonchev–Trinajstić information content (AvgIpc) is 2.30. The lowest BCUT2D eigenvalue weighted by atomic mass is 10.2. The highest BCUT2D eigenvalue weighted by molar-refractivity contribution is 9.10. The Kier molecular flexibility index (Phi) is 4.85. The number of carboxylic acid groups (broad SMARTS) is 1. The SMILES string of the molecule is C=CCC(Nc1ccc([N+](=O)[O-])cc1Br)C(=O)O. The summed E-state index contributed by atoms with van der Waals surface area (Å²) in [5.74, 6) is -1.01. The van der Waals surface area contributed by atoms with E-state index in [4.69, 9.17) is 5.11 Å². The number of rotatable bonds is 6. The second-order valence-electron chi connectivity index (χ2n) is 3.48. The Bertz CT molecular complexity index is 490. The predicted molar refractivity (Wildman–Crippen MR) is 70.7 cm³/mol. The number of non-ortho nitro benzene ring substituents is 1. The quantitative estimate of drug-likeness (QED) is 0.478. The first-order valence-electron chi connectivity index (χ1n) is 5.00. The highest BCUT2D eigenvalue weighted by Gasteiger charge is 2.17. The van der Waals surface area contributed by atoms with E-state index in [2.05, 4.69) is 27.8 Å². The summed E-state index contributed by atoms with van der Waals surface area (Å²) in [6, 6.07) is 3.26. The van der Waals surface area contributed by atoms with Crippen molar-refractivity contribution in [2.24, 2.45) is 0 Å². The van der Waals surface area contributed by atoms with Crippen molar-refractivity contribution in [2.45, 2.75) is 12.5 Å². The second-order valence-corrected chi connectivity index (χ2v) is 4.34. The van der Waals surface area contributed by atoms with Gasteiger partial charge in [-0.25, -0.2) is 4.79 Å². The number of aliphatic carboxylic acids is 1. The molecule has 6 nitrogen and oxygen atoms in total. The fraction of sp³-hybridized carbons (Fsp3) is 0.182. The third-order valence-electron chi connectivity index (χ3n) is 2.19. The Morgan fingerprint density at radius 1 is 1.67 bits per heavy atom. The number of halogens is 1. The summed E-state index contributed by atoms with van der Waals surface area (Å²) in [4.78, 5) is 21.0. The van der Waals surface area contributed by atoms with E-state index in [1.165, 1.54) is 24.3 Å². The monoisotopic (exact) mass is 314 g/mol. The number of nitrogens with one attached hydrogen (secondary N) is 1. The summed E-state index contributed by atoms with van der Waals surface area (Å²) in [7, 11) is 0. The molecule has 0 aliphatic carbocycles. The van der Waals surface area contributed by atoms with Gasteiger partial charge in [0.15, 0.2) is 0 Å². The number of carboxylic acids is 1. The number of benzene rings is 1. The molecule has 0 radical (unpaired) electrons. The van der Waals surface area contributed by atoms with Crippen molar-refractivity contribution in [1.29, 1.82) is 0 Å². The molecule has 0 spiro atoms. The zero-order valence-corrected chi connectivity index (χ0v) is 10.9. The number of nitrogens with zero attached hydrogens (tertiary/aromatic N) is 1. The molecule has 0 saturated carbocycles. The second kappa shape index (κ2) is 6.15. The summed E-state index contributed by atoms with van der Waals surface area (Å²) >= 11 is 3.16. The van der Waals surface area contributed by atoms with E-state index >= 15 is 0 Å². The first kappa shape index (κ1) is 14.2. The number of anilines is 1. The highest BCUT2D eigenvalue weighted by Crippen LogP contribution is 2.27. The van der Waals surface area contributed by atoms with E-state index in [0.29, 0.717) is 10.2 Å². The Labute approximate surface area is 112 Å². The van der Waals surface area contributed by atoms with Gasteiger partial charge >= 0.3 is 5.97 Å². The standard InChI is InChI=1S/C11H11BrN2O4/c1-2-3-10(11(15)16)13-9-5-4-7(14(17)18)6-8(9)12/h2,4-6,10,13H,1,3H2,(H,15,16). The van der Waals surface area contributed by atoms with Crippen molar-refractivity contribution in [3.05, 3.63) is 45.4 Å². The Morgan fingerprint density at radius 3 is 2.78 bits per heavy atom. The molecule has 0 heterocycles. The Hall–Kier alpha value is -1.89. The van der Waals surface area contributed by atoms with Crippen molar-refractivity contribution in [3.8, 4) is 0 Å². The van der Waals surface area contributed by atoms with Crippen LogP contribution in [0.1, 0.15) is 6.42 Å². The van der Waals surface area contributed by atoms with Crippen LogP contribution in [0.5, 0.6) is 0 Å². The van der Waals surface area contributed by atoms with E-state index in [9.17, 15) is 14.9 Å². The topological polar surface area (TPSA) is 92.5 Å². The molecule has 0 fully saturated rings. The molecule has 0 aliphatic heterocycles. The van der Waals surface area contributed by atoms with Crippen LogP contribution in [-0.4, -0.2) is 22.0 Å². The first-order valence-corrected chi connectivity index (χ1v) is 5.79. The van der Waals surface area contributed by atoms with Gasteiger partial charge < -0.3 is 10.4 Å². The van der Waals surface area contributed by atoms with Crippen LogP contribution in [0.25, 0.3) is 0 Å². The molecule has 0 saturated heterocycles. The van der Waals surface area contributed by atoms with Crippen LogP contribution >= 0.6 is 15.9 Å². The number of nitro benzene ring substituents is 1. The molecule has 96 valence electrons. The van der Waals surface area contributed by atoms with Gasteiger partial charge in [-0.3, -0.25) is 10.1 Å².